The minimum absolute atomic E-state index is 0.106. The monoisotopic (exact) mass is 390 g/mol. The first-order chi connectivity index (χ1) is 13.2. The van der Waals surface area contributed by atoms with E-state index in [1.54, 1.807) is 16.9 Å². The van der Waals surface area contributed by atoms with Crippen molar-refractivity contribution in [1.82, 2.24) is 29.4 Å². The van der Waals surface area contributed by atoms with Crippen LogP contribution in [-0.4, -0.2) is 40.4 Å². The normalized spacial score (nSPS) is 12.2. The van der Waals surface area contributed by atoms with Crippen LogP contribution in [0, 0.1) is 6.92 Å². The minimum atomic E-state index is -4.64. The number of carbonyl (C=O) groups is 1. The number of aryl methyl sites for hydroxylation is 2. The summed E-state index contributed by atoms with van der Waals surface area (Å²) >= 11 is 0. The fraction of sp³-hybridized carbons (Fsp3) is 0.235. The van der Waals surface area contributed by atoms with Gasteiger partial charge in [0, 0.05) is 12.7 Å². The van der Waals surface area contributed by atoms with Gasteiger partial charge in [-0.1, -0.05) is 0 Å². The maximum absolute atomic E-state index is 13.1. The molecule has 4 aromatic heterocycles. The number of alkyl halides is 3. The second-order valence-electron chi connectivity index (χ2n) is 6.14. The Labute approximate surface area is 155 Å². The summed E-state index contributed by atoms with van der Waals surface area (Å²) in [7, 11) is 0. The zero-order valence-corrected chi connectivity index (χ0v) is 14.7. The van der Waals surface area contributed by atoms with E-state index in [0.29, 0.717) is 12.2 Å². The molecule has 0 bridgehead atoms. The standard InChI is InChI=1S/C17H13F3N6O2/c1-3-25-5-4-9(23-25)10-7-11(16(27)28)26-15(21-10)13-8(2)6-12(17(18,19)20)22-14(13)24-26/h4-7H,3H2,1-2H3,(H,27,28). The highest BCUT2D eigenvalue weighted by atomic mass is 19.4. The molecule has 0 unspecified atom stereocenters. The van der Waals surface area contributed by atoms with Gasteiger partial charge < -0.3 is 5.11 Å². The highest BCUT2D eigenvalue weighted by Crippen LogP contribution is 2.32. The van der Waals surface area contributed by atoms with Gasteiger partial charge in [-0.25, -0.2) is 19.3 Å². The van der Waals surface area contributed by atoms with Crippen molar-refractivity contribution in [2.75, 3.05) is 0 Å². The van der Waals surface area contributed by atoms with E-state index in [1.165, 1.54) is 13.0 Å². The largest absolute Gasteiger partial charge is 0.477 e. The van der Waals surface area contributed by atoms with Crippen molar-refractivity contribution in [3.8, 4) is 11.4 Å². The summed E-state index contributed by atoms with van der Waals surface area (Å²) in [5.74, 6) is -1.30. The predicted molar refractivity (Wildman–Crippen MR) is 91.9 cm³/mol. The smallest absolute Gasteiger partial charge is 0.433 e. The molecule has 0 saturated carbocycles. The van der Waals surface area contributed by atoms with Gasteiger partial charge in [0.15, 0.2) is 17.0 Å². The molecule has 8 nitrogen and oxygen atoms in total. The number of carboxylic acid groups (broad SMARTS) is 1. The van der Waals surface area contributed by atoms with E-state index in [2.05, 4.69) is 20.2 Å². The van der Waals surface area contributed by atoms with Crippen LogP contribution in [-0.2, 0) is 12.7 Å². The number of carboxylic acids is 1. The lowest BCUT2D eigenvalue weighted by molar-refractivity contribution is -0.141. The van der Waals surface area contributed by atoms with Crippen LogP contribution >= 0.6 is 0 Å². The maximum Gasteiger partial charge on any atom is 0.433 e. The molecular weight excluding hydrogens is 377 g/mol. The SMILES string of the molecule is CCn1ccc(-c2cc(C(=O)O)n3nc4nc(C(F)(F)F)cc(C)c4c3n2)n1. The third kappa shape index (κ3) is 2.75. The Kier molecular flexibility index (Phi) is 3.84. The summed E-state index contributed by atoms with van der Waals surface area (Å²) in [6.07, 6.45) is -2.92. The van der Waals surface area contributed by atoms with Crippen LogP contribution in [0.4, 0.5) is 13.2 Å². The molecule has 4 aromatic rings. The van der Waals surface area contributed by atoms with E-state index in [1.807, 2.05) is 6.92 Å². The minimum Gasteiger partial charge on any atom is -0.477 e. The second-order valence-corrected chi connectivity index (χ2v) is 6.14. The Morgan fingerprint density at radius 3 is 2.54 bits per heavy atom. The number of fused-ring (bicyclic) bond motifs is 3. The fourth-order valence-corrected chi connectivity index (χ4v) is 2.96. The first-order valence-electron chi connectivity index (χ1n) is 8.24. The number of pyridine rings is 1. The van der Waals surface area contributed by atoms with Gasteiger partial charge in [-0.15, -0.1) is 5.10 Å². The number of halogens is 3. The second kappa shape index (κ2) is 6.01. The molecule has 0 fully saturated rings. The quantitative estimate of drug-likeness (QED) is 0.577. The molecule has 0 aliphatic carbocycles. The summed E-state index contributed by atoms with van der Waals surface area (Å²) in [4.78, 5) is 19.7. The van der Waals surface area contributed by atoms with Gasteiger partial charge in [0.2, 0.25) is 0 Å². The molecule has 0 aliphatic heterocycles. The topological polar surface area (TPSA) is 98.2 Å². The molecule has 144 valence electrons. The molecule has 0 saturated heterocycles. The van der Waals surface area contributed by atoms with Crippen molar-refractivity contribution in [1.29, 1.82) is 0 Å². The zero-order valence-electron chi connectivity index (χ0n) is 14.7. The van der Waals surface area contributed by atoms with Crippen LogP contribution in [0.5, 0.6) is 0 Å². The molecule has 28 heavy (non-hydrogen) atoms. The van der Waals surface area contributed by atoms with Gasteiger partial charge in [-0.3, -0.25) is 4.68 Å². The third-order valence-electron chi connectivity index (χ3n) is 4.28. The summed E-state index contributed by atoms with van der Waals surface area (Å²) in [6.45, 7) is 3.99. The molecule has 11 heteroatoms. The van der Waals surface area contributed by atoms with E-state index >= 15 is 0 Å². The number of aromatic carboxylic acids is 1. The number of aromatic nitrogens is 6. The van der Waals surface area contributed by atoms with E-state index in [9.17, 15) is 23.1 Å². The van der Waals surface area contributed by atoms with Gasteiger partial charge in [-0.2, -0.15) is 18.3 Å². The molecule has 1 N–H and O–H groups in total. The summed E-state index contributed by atoms with van der Waals surface area (Å²) in [5.41, 5.74) is -0.505. The maximum atomic E-state index is 13.1. The lowest BCUT2D eigenvalue weighted by atomic mass is 10.1. The predicted octanol–water partition coefficient (Wildman–Crippen LogP) is 3.19. The first-order valence-corrected chi connectivity index (χ1v) is 8.24. The highest BCUT2D eigenvalue weighted by Gasteiger charge is 2.34. The lowest BCUT2D eigenvalue weighted by Gasteiger charge is -2.06. The Morgan fingerprint density at radius 1 is 1.18 bits per heavy atom. The number of hydrogen-bond acceptors (Lipinski definition) is 5. The van der Waals surface area contributed by atoms with Gasteiger partial charge in [0.1, 0.15) is 11.4 Å². The summed E-state index contributed by atoms with van der Waals surface area (Å²) in [6, 6.07) is 3.85. The van der Waals surface area contributed by atoms with Gasteiger partial charge in [0.05, 0.1) is 11.1 Å². The van der Waals surface area contributed by atoms with Crippen molar-refractivity contribution in [2.24, 2.45) is 0 Å². The van der Waals surface area contributed by atoms with Crippen LogP contribution in [0.2, 0.25) is 0 Å². The molecule has 0 spiro atoms. The van der Waals surface area contributed by atoms with E-state index < -0.39 is 17.8 Å². The average molecular weight is 390 g/mol. The Bertz CT molecular complexity index is 1240. The van der Waals surface area contributed by atoms with Crippen molar-refractivity contribution in [3.63, 3.8) is 0 Å². The molecular formula is C17H13F3N6O2. The lowest BCUT2D eigenvalue weighted by Crippen LogP contribution is -2.08. The van der Waals surface area contributed by atoms with Crippen molar-refractivity contribution >= 4 is 22.6 Å². The van der Waals surface area contributed by atoms with E-state index in [4.69, 9.17) is 0 Å². The third-order valence-corrected chi connectivity index (χ3v) is 4.28. The van der Waals surface area contributed by atoms with E-state index in [0.717, 1.165) is 10.6 Å². The van der Waals surface area contributed by atoms with Gasteiger partial charge in [0.25, 0.3) is 0 Å². The molecule has 0 radical (unpaired) electrons. The molecule has 4 rings (SSSR count). The van der Waals surface area contributed by atoms with Gasteiger partial charge in [-0.05, 0) is 37.6 Å². The van der Waals surface area contributed by atoms with Crippen LogP contribution in [0.15, 0.2) is 24.4 Å². The van der Waals surface area contributed by atoms with Gasteiger partial charge >= 0.3 is 12.1 Å². The number of nitrogens with zero attached hydrogens (tertiary/aromatic N) is 6. The molecule has 0 aromatic carbocycles. The van der Waals surface area contributed by atoms with Crippen LogP contribution in [0.25, 0.3) is 28.1 Å². The molecule has 4 heterocycles. The van der Waals surface area contributed by atoms with Crippen molar-refractivity contribution < 1.29 is 23.1 Å². The summed E-state index contributed by atoms with van der Waals surface area (Å²) in [5, 5.41) is 18.1. The Hall–Kier alpha value is -3.50. The Morgan fingerprint density at radius 2 is 1.93 bits per heavy atom. The van der Waals surface area contributed by atoms with Crippen molar-refractivity contribution in [3.05, 3.63) is 41.3 Å². The van der Waals surface area contributed by atoms with Crippen LogP contribution in [0.1, 0.15) is 28.7 Å². The average Bonchev–Trinajstić information content (AvgIpc) is 3.24. The molecule has 0 atom stereocenters. The molecule has 0 aliphatic rings. The highest BCUT2D eigenvalue weighted by molar-refractivity contribution is 5.96. The van der Waals surface area contributed by atoms with E-state index in [-0.39, 0.29) is 33.6 Å². The zero-order chi connectivity index (χ0) is 20.2. The van der Waals surface area contributed by atoms with Crippen molar-refractivity contribution in [2.45, 2.75) is 26.6 Å². The van der Waals surface area contributed by atoms with Crippen LogP contribution in [0.3, 0.4) is 0 Å². The van der Waals surface area contributed by atoms with Crippen LogP contribution < -0.4 is 0 Å². The summed E-state index contributed by atoms with van der Waals surface area (Å²) < 4.78 is 41.8. The molecule has 0 amide bonds. The number of hydrogen-bond donors (Lipinski definition) is 1. The first kappa shape index (κ1) is 17.9. The fourth-order valence-electron chi connectivity index (χ4n) is 2.96. The Balaban J connectivity index is 2.06. The number of rotatable bonds is 3.